The van der Waals surface area contributed by atoms with E-state index in [9.17, 15) is 25.2 Å². The Morgan fingerprint density at radius 3 is 1.03 bits per heavy atom. The molecule has 0 fully saturated rings. The van der Waals surface area contributed by atoms with Gasteiger partial charge in [-0.3, -0.25) is 4.79 Å². The van der Waals surface area contributed by atoms with Crippen molar-refractivity contribution in [1.82, 2.24) is 5.32 Å². The summed E-state index contributed by atoms with van der Waals surface area (Å²) >= 11 is 0. The molecule has 6 heteroatoms. The van der Waals surface area contributed by atoms with E-state index in [1.165, 1.54) is 193 Å². The van der Waals surface area contributed by atoms with Gasteiger partial charge in [-0.25, -0.2) is 0 Å². The monoisotopic (exact) mass is 860 g/mol. The lowest BCUT2D eigenvalue weighted by Crippen LogP contribution is -2.53. The standard InChI is InChI=1S/C55H105NO5/c1-3-5-7-9-11-13-15-17-19-21-23-25-26-27-29-30-32-34-36-38-40-42-44-46-48-52(58)54(60)51(50-57)56-55(61)53(59)49-47-45-43-41-39-37-35-33-31-28-24-22-20-18-16-14-12-10-8-6-4-2/h26-27,32,34,40,42,51-54,57-60H,3-25,28-31,33,35-39,41,43-50H2,1-2H3,(H,56,61)/b27-26+,34-32+,42-40+. The smallest absolute Gasteiger partial charge is 0.249 e. The normalized spacial score (nSPS) is 14.1. The SMILES string of the molecule is CCCCCCCCCCCCC/C=C/CC/C=C/CC/C=C/CCCC(O)C(O)C(CO)NC(=O)C(O)CCCCCCCCCCCCCCCCCCCCCCC. The molecule has 0 saturated heterocycles. The van der Waals surface area contributed by atoms with E-state index in [1.807, 2.05) is 0 Å². The van der Waals surface area contributed by atoms with E-state index in [0.29, 0.717) is 19.3 Å². The zero-order valence-electron chi connectivity index (χ0n) is 40.7. The number of nitrogens with one attached hydrogen (secondary N) is 1. The number of amides is 1. The lowest BCUT2D eigenvalue weighted by molar-refractivity contribution is -0.132. The highest BCUT2D eigenvalue weighted by molar-refractivity contribution is 5.80. The van der Waals surface area contributed by atoms with Gasteiger partial charge in [-0.05, 0) is 64.2 Å². The molecule has 0 spiro atoms. The number of carbonyl (C=O) groups is 1. The van der Waals surface area contributed by atoms with Gasteiger partial charge >= 0.3 is 0 Å². The van der Waals surface area contributed by atoms with Crippen LogP contribution >= 0.6 is 0 Å². The number of hydrogen-bond donors (Lipinski definition) is 5. The predicted octanol–water partition coefficient (Wildman–Crippen LogP) is 15.2. The van der Waals surface area contributed by atoms with Gasteiger partial charge in [-0.2, -0.15) is 0 Å². The van der Waals surface area contributed by atoms with Gasteiger partial charge in [-0.1, -0.05) is 249 Å². The maximum atomic E-state index is 12.6. The number of hydrogen-bond acceptors (Lipinski definition) is 5. The molecule has 0 aliphatic carbocycles. The number of carbonyl (C=O) groups excluding carboxylic acids is 1. The topological polar surface area (TPSA) is 110 Å². The van der Waals surface area contributed by atoms with E-state index in [2.05, 4.69) is 55.6 Å². The molecule has 0 saturated carbocycles. The van der Waals surface area contributed by atoms with Crippen LogP contribution in [0.2, 0.25) is 0 Å². The maximum Gasteiger partial charge on any atom is 0.249 e. The van der Waals surface area contributed by atoms with Crippen molar-refractivity contribution in [2.45, 2.75) is 301 Å². The van der Waals surface area contributed by atoms with Gasteiger partial charge in [0.05, 0.1) is 18.8 Å². The van der Waals surface area contributed by atoms with Gasteiger partial charge in [0.15, 0.2) is 0 Å². The van der Waals surface area contributed by atoms with Crippen LogP contribution in [0.25, 0.3) is 0 Å². The maximum absolute atomic E-state index is 12.6. The summed E-state index contributed by atoms with van der Waals surface area (Å²) in [6, 6.07) is -1.01. The molecule has 0 bridgehead atoms. The van der Waals surface area contributed by atoms with Crippen molar-refractivity contribution in [3.63, 3.8) is 0 Å². The molecule has 0 aliphatic rings. The summed E-state index contributed by atoms with van der Waals surface area (Å²) in [7, 11) is 0. The summed E-state index contributed by atoms with van der Waals surface area (Å²) in [5.74, 6) is -0.596. The number of unbranched alkanes of at least 4 members (excludes halogenated alkanes) is 34. The summed E-state index contributed by atoms with van der Waals surface area (Å²) in [6.07, 6.45) is 60.6. The first-order valence-corrected chi connectivity index (χ1v) is 26.9. The minimum atomic E-state index is -1.29. The quantitative estimate of drug-likeness (QED) is 0.0309. The lowest BCUT2D eigenvalue weighted by atomic mass is 10.00. The molecule has 0 rings (SSSR count). The van der Waals surface area contributed by atoms with Crippen LogP contribution in [0.15, 0.2) is 36.5 Å². The van der Waals surface area contributed by atoms with Crippen LogP contribution in [0, 0.1) is 0 Å². The molecule has 1 amide bonds. The summed E-state index contributed by atoms with van der Waals surface area (Å²) in [6.45, 7) is 4.06. The molecule has 0 aromatic carbocycles. The third kappa shape index (κ3) is 43.6. The molecular weight excluding hydrogens is 755 g/mol. The van der Waals surface area contributed by atoms with Crippen LogP contribution in [0.1, 0.15) is 277 Å². The highest BCUT2D eigenvalue weighted by Gasteiger charge is 2.28. The van der Waals surface area contributed by atoms with E-state index in [0.717, 1.165) is 51.4 Å². The number of rotatable bonds is 49. The van der Waals surface area contributed by atoms with Crippen molar-refractivity contribution < 1.29 is 25.2 Å². The fourth-order valence-corrected chi connectivity index (χ4v) is 8.32. The number of aliphatic hydroxyl groups excluding tert-OH is 4. The molecule has 61 heavy (non-hydrogen) atoms. The first kappa shape index (κ1) is 59.5. The van der Waals surface area contributed by atoms with Gasteiger partial charge in [0, 0.05) is 0 Å². The van der Waals surface area contributed by atoms with Crippen LogP contribution in [-0.2, 0) is 4.79 Å². The molecule has 0 radical (unpaired) electrons. The third-order valence-electron chi connectivity index (χ3n) is 12.6. The fraction of sp³-hybridized carbons (Fsp3) is 0.873. The lowest BCUT2D eigenvalue weighted by Gasteiger charge is -2.27. The Morgan fingerprint density at radius 1 is 0.393 bits per heavy atom. The molecule has 4 unspecified atom stereocenters. The minimum absolute atomic E-state index is 0.362. The second-order valence-electron chi connectivity index (χ2n) is 18.6. The Kier molecular flexibility index (Phi) is 48.3. The number of aliphatic hydroxyl groups is 4. The highest BCUT2D eigenvalue weighted by Crippen LogP contribution is 2.17. The molecule has 4 atom stereocenters. The largest absolute Gasteiger partial charge is 0.394 e. The van der Waals surface area contributed by atoms with Crippen molar-refractivity contribution in [3.05, 3.63) is 36.5 Å². The molecule has 360 valence electrons. The first-order valence-electron chi connectivity index (χ1n) is 26.9. The molecular formula is C55H105NO5. The van der Waals surface area contributed by atoms with Crippen molar-refractivity contribution >= 4 is 5.91 Å². The molecule has 5 N–H and O–H groups in total. The predicted molar refractivity (Wildman–Crippen MR) is 265 cm³/mol. The second-order valence-corrected chi connectivity index (χ2v) is 18.6. The molecule has 0 aromatic heterocycles. The van der Waals surface area contributed by atoms with Gasteiger partial charge in [-0.15, -0.1) is 0 Å². The zero-order valence-corrected chi connectivity index (χ0v) is 40.7. The Bertz CT molecular complexity index is 966. The minimum Gasteiger partial charge on any atom is -0.394 e. The fourth-order valence-electron chi connectivity index (χ4n) is 8.32. The van der Waals surface area contributed by atoms with Crippen LogP contribution in [0.5, 0.6) is 0 Å². The summed E-state index contributed by atoms with van der Waals surface area (Å²) in [5, 5.41) is 43.9. The highest BCUT2D eigenvalue weighted by atomic mass is 16.3. The number of allylic oxidation sites excluding steroid dienone is 6. The molecule has 6 nitrogen and oxygen atoms in total. The van der Waals surface area contributed by atoms with E-state index in [-0.39, 0.29) is 0 Å². The van der Waals surface area contributed by atoms with Crippen molar-refractivity contribution in [2.24, 2.45) is 0 Å². The van der Waals surface area contributed by atoms with E-state index < -0.39 is 36.9 Å². The zero-order chi connectivity index (χ0) is 44.5. The van der Waals surface area contributed by atoms with Gasteiger partial charge < -0.3 is 25.7 Å². The Morgan fingerprint density at radius 2 is 0.689 bits per heavy atom. The van der Waals surface area contributed by atoms with Crippen LogP contribution < -0.4 is 5.32 Å². The van der Waals surface area contributed by atoms with E-state index in [4.69, 9.17) is 0 Å². The summed E-state index contributed by atoms with van der Waals surface area (Å²) in [5.41, 5.74) is 0. The van der Waals surface area contributed by atoms with Gasteiger partial charge in [0.1, 0.15) is 12.2 Å². The third-order valence-corrected chi connectivity index (χ3v) is 12.6. The summed E-state index contributed by atoms with van der Waals surface area (Å²) in [4.78, 5) is 12.6. The Hall–Kier alpha value is -1.47. The van der Waals surface area contributed by atoms with Gasteiger partial charge in [0.25, 0.3) is 0 Å². The molecule has 0 aliphatic heterocycles. The van der Waals surface area contributed by atoms with Crippen LogP contribution in [0.4, 0.5) is 0 Å². The Labute approximate surface area is 379 Å². The first-order chi connectivity index (χ1) is 30.0. The van der Waals surface area contributed by atoms with E-state index in [1.54, 1.807) is 0 Å². The Balaban J connectivity index is 3.72. The van der Waals surface area contributed by atoms with Crippen molar-refractivity contribution in [1.29, 1.82) is 0 Å². The van der Waals surface area contributed by atoms with Crippen LogP contribution in [-0.4, -0.2) is 57.3 Å². The molecule has 0 aromatic rings. The van der Waals surface area contributed by atoms with Crippen molar-refractivity contribution in [3.8, 4) is 0 Å². The van der Waals surface area contributed by atoms with E-state index >= 15 is 0 Å². The average molecular weight is 860 g/mol. The summed E-state index contributed by atoms with van der Waals surface area (Å²) < 4.78 is 0. The van der Waals surface area contributed by atoms with Gasteiger partial charge in [0.2, 0.25) is 5.91 Å². The molecule has 0 heterocycles. The van der Waals surface area contributed by atoms with Crippen LogP contribution in [0.3, 0.4) is 0 Å². The average Bonchev–Trinajstić information content (AvgIpc) is 3.26. The second kappa shape index (κ2) is 49.5. The van der Waals surface area contributed by atoms with Crippen molar-refractivity contribution in [2.75, 3.05) is 6.61 Å².